The molecule has 1 aromatic rings. The van der Waals surface area contributed by atoms with Crippen molar-refractivity contribution in [1.82, 2.24) is 25.0 Å². The van der Waals surface area contributed by atoms with E-state index in [0.717, 1.165) is 13.0 Å². The highest BCUT2D eigenvalue weighted by Gasteiger charge is 2.28. The van der Waals surface area contributed by atoms with Gasteiger partial charge in [0.2, 0.25) is 5.03 Å². The van der Waals surface area contributed by atoms with Crippen LogP contribution in [-0.4, -0.2) is 42.5 Å². The Morgan fingerprint density at radius 2 is 2.38 bits per heavy atom. The molecule has 1 aromatic heterocycles. The van der Waals surface area contributed by atoms with Crippen LogP contribution in [0, 0.1) is 0 Å². The molecule has 1 fully saturated rings. The maximum Gasteiger partial charge on any atom is 0.260 e. The lowest BCUT2D eigenvalue weighted by molar-refractivity contribution is 0.542. The summed E-state index contributed by atoms with van der Waals surface area (Å²) in [6.07, 6.45) is 0.794. The highest BCUT2D eigenvalue weighted by atomic mass is 79.9. The van der Waals surface area contributed by atoms with E-state index in [1.165, 1.54) is 4.68 Å². The maximum absolute atomic E-state index is 12.0. The fourth-order valence-electron chi connectivity index (χ4n) is 1.64. The quantitative estimate of drug-likeness (QED) is 0.764. The zero-order valence-electron chi connectivity index (χ0n) is 8.64. The van der Waals surface area contributed by atoms with Crippen molar-refractivity contribution in [3.05, 3.63) is 4.60 Å². The molecule has 0 aromatic carbocycles. The molecular formula is C7H12BrN5O2S. The molecule has 1 aliphatic rings. The fraction of sp³-hybridized carbons (Fsp3) is 0.714. The number of hydrogen-bond donors (Lipinski definition) is 2. The van der Waals surface area contributed by atoms with Crippen LogP contribution >= 0.6 is 15.9 Å². The topological polar surface area (TPSA) is 88.9 Å². The summed E-state index contributed by atoms with van der Waals surface area (Å²) in [6, 6.07) is -0.0631. The van der Waals surface area contributed by atoms with Crippen LogP contribution in [0.5, 0.6) is 0 Å². The van der Waals surface area contributed by atoms with Crippen molar-refractivity contribution in [2.75, 3.05) is 13.1 Å². The standard InChI is InChI=1S/C7H12BrN5O2S/c1-13-7(6(8)10-12-13)16(14,15)11-5-2-3-9-4-5/h5,9,11H,2-4H2,1H3/t5-/m1/s1. The SMILES string of the molecule is Cn1nnc(Br)c1S(=O)(=O)N[C@@H]1CCNC1. The van der Waals surface area contributed by atoms with Crippen molar-refractivity contribution in [2.45, 2.75) is 17.5 Å². The normalized spacial score (nSPS) is 21.5. The van der Waals surface area contributed by atoms with Crippen LogP contribution in [0.25, 0.3) is 0 Å². The van der Waals surface area contributed by atoms with E-state index in [1.807, 2.05) is 0 Å². The van der Waals surface area contributed by atoms with E-state index < -0.39 is 10.0 Å². The molecule has 7 nitrogen and oxygen atoms in total. The summed E-state index contributed by atoms with van der Waals surface area (Å²) in [5, 5.41) is 10.4. The predicted octanol–water partition coefficient (Wildman–Crippen LogP) is -0.782. The van der Waals surface area contributed by atoms with Crippen LogP contribution in [0.15, 0.2) is 9.63 Å². The third kappa shape index (κ3) is 2.26. The number of nitrogens with one attached hydrogen (secondary N) is 2. The van der Waals surface area contributed by atoms with Crippen LogP contribution in [-0.2, 0) is 17.1 Å². The van der Waals surface area contributed by atoms with Gasteiger partial charge >= 0.3 is 0 Å². The van der Waals surface area contributed by atoms with E-state index in [9.17, 15) is 8.42 Å². The Labute approximate surface area is 102 Å². The number of hydrogen-bond acceptors (Lipinski definition) is 5. The van der Waals surface area contributed by atoms with Gasteiger partial charge < -0.3 is 5.32 Å². The fourth-order valence-corrected chi connectivity index (χ4v) is 4.00. The lowest BCUT2D eigenvalue weighted by Gasteiger charge is -2.11. The molecule has 0 unspecified atom stereocenters. The number of rotatable bonds is 3. The zero-order valence-corrected chi connectivity index (χ0v) is 11.0. The van der Waals surface area contributed by atoms with Crippen LogP contribution in [0.4, 0.5) is 0 Å². The Hall–Kier alpha value is -0.510. The number of nitrogens with zero attached hydrogens (tertiary/aromatic N) is 3. The van der Waals surface area contributed by atoms with Crippen molar-refractivity contribution in [2.24, 2.45) is 7.05 Å². The first-order valence-electron chi connectivity index (χ1n) is 4.79. The Balaban J connectivity index is 2.25. The van der Waals surface area contributed by atoms with Crippen LogP contribution < -0.4 is 10.0 Å². The maximum atomic E-state index is 12.0. The minimum atomic E-state index is -3.56. The van der Waals surface area contributed by atoms with Gasteiger partial charge in [0.15, 0.2) is 4.60 Å². The van der Waals surface area contributed by atoms with Crippen molar-refractivity contribution in [3.63, 3.8) is 0 Å². The molecule has 0 radical (unpaired) electrons. The Bertz CT molecular complexity index is 459. The Kier molecular flexibility index (Phi) is 3.29. The molecule has 2 heterocycles. The molecular weight excluding hydrogens is 298 g/mol. The van der Waals surface area contributed by atoms with Crippen molar-refractivity contribution in [3.8, 4) is 0 Å². The Morgan fingerprint density at radius 1 is 1.62 bits per heavy atom. The molecule has 0 saturated carbocycles. The van der Waals surface area contributed by atoms with Gasteiger partial charge in [-0.15, -0.1) is 5.10 Å². The molecule has 1 aliphatic heterocycles. The van der Waals surface area contributed by atoms with Crippen molar-refractivity contribution in [1.29, 1.82) is 0 Å². The molecule has 1 atom stereocenters. The van der Waals surface area contributed by atoms with E-state index in [-0.39, 0.29) is 15.7 Å². The van der Waals surface area contributed by atoms with Crippen LogP contribution in [0.2, 0.25) is 0 Å². The van der Waals surface area contributed by atoms with Gasteiger partial charge in [-0.1, -0.05) is 5.21 Å². The van der Waals surface area contributed by atoms with Gasteiger partial charge in [0.25, 0.3) is 10.0 Å². The number of sulfonamides is 1. The molecule has 9 heteroatoms. The van der Waals surface area contributed by atoms with Crippen LogP contribution in [0.1, 0.15) is 6.42 Å². The summed E-state index contributed by atoms with van der Waals surface area (Å²) < 4.78 is 28.1. The smallest absolute Gasteiger partial charge is 0.260 e. The monoisotopic (exact) mass is 309 g/mol. The van der Waals surface area contributed by atoms with Crippen molar-refractivity contribution >= 4 is 26.0 Å². The van der Waals surface area contributed by atoms with Gasteiger partial charge in [0.05, 0.1) is 0 Å². The number of aryl methyl sites for hydroxylation is 1. The molecule has 0 aliphatic carbocycles. The number of halogens is 1. The Morgan fingerprint density at radius 3 is 2.88 bits per heavy atom. The average molecular weight is 310 g/mol. The predicted molar refractivity (Wildman–Crippen MR) is 60.3 cm³/mol. The summed E-state index contributed by atoms with van der Waals surface area (Å²) in [5.41, 5.74) is 0. The van der Waals surface area contributed by atoms with Gasteiger partial charge in [0.1, 0.15) is 0 Å². The molecule has 2 rings (SSSR count). The van der Waals surface area contributed by atoms with Gasteiger partial charge in [-0.3, -0.25) is 0 Å². The van der Waals surface area contributed by atoms with Crippen molar-refractivity contribution < 1.29 is 8.42 Å². The zero-order chi connectivity index (χ0) is 11.8. The van der Waals surface area contributed by atoms with E-state index >= 15 is 0 Å². The second kappa shape index (κ2) is 4.40. The van der Waals surface area contributed by atoms with Crippen LogP contribution in [0.3, 0.4) is 0 Å². The summed E-state index contributed by atoms with van der Waals surface area (Å²) in [4.78, 5) is 0. The molecule has 90 valence electrons. The highest BCUT2D eigenvalue weighted by molar-refractivity contribution is 9.10. The molecule has 2 N–H and O–H groups in total. The highest BCUT2D eigenvalue weighted by Crippen LogP contribution is 2.18. The lowest BCUT2D eigenvalue weighted by atomic mass is 10.3. The van der Waals surface area contributed by atoms with E-state index in [0.29, 0.717) is 6.54 Å². The summed E-state index contributed by atoms with van der Waals surface area (Å²) in [6.45, 7) is 1.49. The van der Waals surface area contributed by atoms with Gasteiger partial charge in [0, 0.05) is 19.6 Å². The molecule has 16 heavy (non-hydrogen) atoms. The number of aromatic nitrogens is 3. The summed E-state index contributed by atoms with van der Waals surface area (Å²) >= 11 is 3.07. The minimum Gasteiger partial charge on any atom is -0.315 e. The first kappa shape index (κ1) is 12.0. The summed E-state index contributed by atoms with van der Waals surface area (Å²) in [5.74, 6) is 0. The van der Waals surface area contributed by atoms with Gasteiger partial charge in [-0.2, -0.15) is 0 Å². The lowest BCUT2D eigenvalue weighted by Crippen LogP contribution is -2.37. The van der Waals surface area contributed by atoms with E-state index in [2.05, 4.69) is 36.3 Å². The molecule has 1 saturated heterocycles. The minimum absolute atomic E-state index is 0.0550. The molecule has 0 spiro atoms. The summed E-state index contributed by atoms with van der Waals surface area (Å²) in [7, 11) is -2.02. The molecule has 0 amide bonds. The molecule has 0 bridgehead atoms. The second-order valence-corrected chi connectivity index (χ2v) is 6.00. The largest absolute Gasteiger partial charge is 0.315 e. The average Bonchev–Trinajstić information content (AvgIpc) is 2.76. The first-order valence-corrected chi connectivity index (χ1v) is 7.06. The van der Waals surface area contributed by atoms with Gasteiger partial charge in [-0.25, -0.2) is 17.8 Å². The third-order valence-corrected chi connectivity index (χ3v) is 4.78. The van der Waals surface area contributed by atoms with E-state index in [4.69, 9.17) is 0 Å². The van der Waals surface area contributed by atoms with Gasteiger partial charge in [-0.05, 0) is 28.9 Å². The third-order valence-electron chi connectivity index (χ3n) is 2.37. The first-order chi connectivity index (χ1) is 7.50. The second-order valence-electron chi connectivity index (χ2n) is 3.62. The van der Waals surface area contributed by atoms with E-state index in [1.54, 1.807) is 7.05 Å².